The number of hydrogen-bond acceptors (Lipinski definition) is 3. The van der Waals surface area contributed by atoms with Gasteiger partial charge in [-0.2, -0.15) is 0 Å². The maximum atomic E-state index is 5.49. The maximum Gasteiger partial charge on any atom is 0.210 e. The monoisotopic (exact) mass is 274 g/mol. The van der Waals surface area contributed by atoms with Crippen molar-refractivity contribution < 1.29 is 0 Å². The van der Waals surface area contributed by atoms with Crippen LogP contribution in [0.2, 0.25) is 0 Å². The fraction of sp³-hybridized carbons (Fsp3) is 0.214. The quantitative estimate of drug-likeness (QED) is 0.348. The first-order chi connectivity index (χ1) is 9.33. The zero-order chi connectivity index (χ0) is 13.5. The lowest BCUT2D eigenvalue weighted by Crippen LogP contribution is -2.36. The molecular weight excluding hydrogens is 256 g/mol. The molecule has 1 heterocycles. The van der Waals surface area contributed by atoms with E-state index in [4.69, 9.17) is 5.84 Å². The lowest BCUT2D eigenvalue weighted by Gasteiger charge is -2.08. The van der Waals surface area contributed by atoms with Crippen molar-refractivity contribution in [1.82, 2.24) is 5.43 Å². The molecule has 100 valence electrons. The first-order valence-corrected chi connectivity index (χ1v) is 7.09. The molecule has 2 aromatic rings. The first-order valence-electron chi connectivity index (χ1n) is 6.22. The third-order valence-electron chi connectivity index (χ3n) is 2.77. The average molecular weight is 274 g/mol. The van der Waals surface area contributed by atoms with Crippen LogP contribution in [0.25, 0.3) is 0 Å². The zero-order valence-electron chi connectivity index (χ0n) is 10.9. The number of hydrogen-bond donors (Lipinski definition) is 3. The Morgan fingerprint density at radius 3 is 2.74 bits per heavy atom. The van der Waals surface area contributed by atoms with Crippen molar-refractivity contribution in [3.8, 4) is 0 Å². The van der Waals surface area contributed by atoms with Gasteiger partial charge in [0.25, 0.3) is 0 Å². The summed E-state index contributed by atoms with van der Waals surface area (Å²) in [5, 5.41) is 5.25. The number of thiophene rings is 1. The molecule has 5 heteroatoms. The third-order valence-corrected chi connectivity index (χ3v) is 3.72. The average Bonchev–Trinajstić information content (AvgIpc) is 2.92. The lowest BCUT2D eigenvalue weighted by atomic mass is 10.2. The van der Waals surface area contributed by atoms with Crippen LogP contribution in [0.1, 0.15) is 17.4 Å². The van der Waals surface area contributed by atoms with E-state index in [0.717, 1.165) is 12.1 Å². The molecule has 0 spiro atoms. The smallest absolute Gasteiger partial charge is 0.210 e. The molecule has 19 heavy (non-hydrogen) atoms. The molecule has 0 atom stereocenters. The van der Waals surface area contributed by atoms with E-state index in [2.05, 4.69) is 34.1 Å². The minimum atomic E-state index is 0.571. The highest BCUT2D eigenvalue weighted by molar-refractivity contribution is 7.10. The molecule has 0 saturated heterocycles. The topological polar surface area (TPSA) is 62.4 Å². The summed E-state index contributed by atoms with van der Waals surface area (Å²) < 4.78 is 0. The number of para-hydroxylation sites is 1. The van der Waals surface area contributed by atoms with E-state index in [0.29, 0.717) is 12.5 Å². The molecule has 0 unspecified atom stereocenters. The van der Waals surface area contributed by atoms with Crippen LogP contribution in [0.15, 0.2) is 46.8 Å². The minimum Gasteiger partial charge on any atom is -0.325 e. The summed E-state index contributed by atoms with van der Waals surface area (Å²) in [4.78, 5) is 5.75. The summed E-state index contributed by atoms with van der Waals surface area (Å²) in [6.07, 6.45) is 1.03. The van der Waals surface area contributed by atoms with Gasteiger partial charge in [0.15, 0.2) is 0 Å². The van der Waals surface area contributed by atoms with Crippen molar-refractivity contribution in [1.29, 1.82) is 0 Å². The number of hydrazine groups is 1. The van der Waals surface area contributed by atoms with Crippen LogP contribution in [0, 0.1) is 0 Å². The number of anilines is 1. The van der Waals surface area contributed by atoms with Crippen LogP contribution in [-0.2, 0) is 13.0 Å². The second-order valence-corrected chi connectivity index (χ2v) is 5.02. The number of benzene rings is 1. The minimum absolute atomic E-state index is 0.571. The molecule has 0 aliphatic rings. The first kappa shape index (κ1) is 13.6. The van der Waals surface area contributed by atoms with E-state index in [9.17, 15) is 0 Å². The number of rotatable bonds is 4. The number of nitrogens with zero attached hydrogens (tertiary/aromatic N) is 1. The van der Waals surface area contributed by atoms with Gasteiger partial charge in [-0.1, -0.05) is 25.1 Å². The van der Waals surface area contributed by atoms with Crippen LogP contribution in [-0.4, -0.2) is 5.96 Å². The zero-order valence-corrected chi connectivity index (χ0v) is 11.7. The standard InChI is InChI=1S/C14H18N4S/c1-2-11-8-9-19-13(11)10-16-14(18-15)17-12-6-4-3-5-7-12/h3-9H,2,10,15H2,1H3,(H2,16,17,18). The number of guanidine groups is 1. The lowest BCUT2D eigenvalue weighted by molar-refractivity contribution is 0.966. The number of aryl methyl sites for hydroxylation is 1. The van der Waals surface area contributed by atoms with Crippen LogP contribution in [0.5, 0.6) is 0 Å². The Hall–Kier alpha value is -1.85. The predicted octanol–water partition coefficient (Wildman–Crippen LogP) is 2.74. The van der Waals surface area contributed by atoms with Gasteiger partial charge in [-0.3, -0.25) is 5.43 Å². The molecule has 1 aromatic carbocycles. The summed E-state index contributed by atoms with van der Waals surface area (Å²) in [6, 6.07) is 12.0. The number of aliphatic imine (C=N–C) groups is 1. The van der Waals surface area contributed by atoms with Crippen LogP contribution < -0.4 is 16.6 Å². The molecule has 0 bridgehead atoms. The van der Waals surface area contributed by atoms with Crippen molar-refractivity contribution in [2.45, 2.75) is 19.9 Å². The molecule has 0 aliphatic carbocycles. The summed E-state index contributed by atoms with van der Waals surface area (Å²) in [6.45, 7) is 2.79. The van der Waals surface area contributed by atoms with Gasteiger partial charge < -0.3 is 5.32 Å². The Morgan fingerprint density at radius 2 is 2.05 bits per heavy atom. The molecule has 2 rings (SSSR count). The SMILES string of the molecule is CCc1ccsc1CN=C(NN)Nc1ccccc1. The van der Waals surface area contributed by atoms with Gasteiger partial charge in [0.2, 0.25) is 5.96 Å². The van der Waals surface area contributed by atoms with Gasteiger partial charge in [-0.05, 0) is 35.6 Å². The highest BCUT2D eigenvalue weighted by Crippen LogP contribution is 2.18. The summed E-state index contributed by atoms with van der Waals surface area (Å²) in [5.74, 6) is 6.06. The van der Waals surface area contributed by atoms with Crippen molar-refractivity contribution in [2.24, 2.45) is 10.8 Å². The van der Waals surface area contributed by atoms with Gasteiger partial charge in [-0.25, -0.2) is 10.8 Å². The largest absolute Gasteiger partial charge is 0.325 e. The Labute approximate surface area is 117 Å². The maximum absolute atomic E-state index is 5.49. The Kier molecular flexibility index (Phi) is 4.94. The second-order valence-electron chi connectivity index (χ2n) is 4.02. The highest BCUT2D eigenvalue weighted by Gasteiger charge is 2.02. The molecule has 0 amide bonds. The molecule has 0 radical (unpaired) electrons. The van der Waals surface area contributed by atoms with Crippen LogP contribution in [0.4, 0.5) is 5.69 Å². The summed E-state index contributed by atoms with van der Waals surface area (Å²) in [5.41, 5.74) is 4.91. The molecule has 0 saturated carbocycles. The second kappa shape index (κ2) is 6.92. The van der Waals surface area contributed by atoms with Crippen molar-refractivity contribution >= 4 is 23.0 Å². The number of nitrogens with two attached hydrogens (primary N) is 1. The Morgan fingerprint density at radius 1 is 1.26 bits per heavy atom. The highest BCUT2D eigenvalue weighted by atomic mass is 32.1. The molecule has 0 aliphatic heterocycles. The van der Waals surface area contributed by atoms with Crippen LogP contribution in [0.3, 0.4) is 0 Å². The van der Waals surface area contributed by atoms with Crippen molar-refractivity contribution in [2.75, 3.05) is 5.32 Å². The van der Waals surface area contributed by atoms with Gasteiger partial charge in [0, 0.05) is 10.6 Å². The molecule has 1 aromatic heterocycles. The van der Waals surface area contributed by atoms with Crippen molar-refractivity contribution in [3.05, 3.63) is 52.2 Å². The van der Waals surface area contributed by atoms with Gasteiger partial charge in [0.05, 0.1) is 6.54 Å². The molecular formula is C14H18N4S. The normalized spacial score (nSPS) is 11.4. The fourth-order valence-corrected chi connectivity index (χ4v) is 2.65. The van der Waals surface area contributed by atoms with Crippen LogP contribution >= 0.6 is 11.3 Å². The predicted molar refractivity (Wildman–Crippen MR) is 82.2 cm³/mol. The van der Waals surface area contributed by atoms with Gasteiger partial charge in [0.1, 0.15) is 0 Å². The Balaban J connectivity index is 2.03. The fourth-order valence-electron chi connectivity index (χ4n) is 1.75. The summed E-state index contributed by atoms with van der Waals surface area (Å²) in [7, 11) is 0. The van der Waals surface area contributed by atoms with Gasteiger partial charge in [-0.15, -0.1) is 11.3 Å². The van der Waals surface area contributed by atoms with E-state index in [1.54, 1.807) is 11.3 Å². The number of nitrogens with one attached hydrogen (secondary N) is 2. The molecule has 0 fully saturated rings. The van der Waals surface area contributed by atoms with E-state index < -0.39 is 0 Å². The van der Waals surface area contributed by atoms with E-state index in [1.807, 2.05) is 30.3 Å². The summed E-state index contributed by atoms with van der Waals surface area (Å²) >= 11 is 1.73. The van der Waals surface area contributed by atoms with E-state index >= 15 is 0 Å². The van der Waals surface area contributed by atoms with Crippen molar-refractivity contribution in [3.63, 3.8) is 0 Å². The van der Waals surface area contributed by atoms with Gasteiger partial charge >= 0.3 is 0 Å². The molecule has 4 nitrogen and oxygen atoms in total. The van der Waals surface area contributed by atoms with E-state index in [1.165, 1.54) is 10.4 Å². The van der Waals surface area contributed by atoms with E-state index in [-0.39, 0.29) is 0 Å². The third kappa shape index (κ3) is 3.81. The Bertz CT molecular complexity index is 533. The molecule has 4 N–H and O–H groups in total.